The van der Waals surface area contributed by atoms with Crippen molar-refractivity contribution in [3.63, 3.8) is 0 Å². The van der Waals surface area contributed by atoms with Gasteiger partial charge in [0.25, 0.3) is 0 Å². The van der Waals surface area contributed by atoms with Crippen LogP contribution in [0.15, 0.2) is 51.4 Å². The van der Waals surface area contributed by atoms with Crippen molar-refractivity contribution in [1.29, 1.82) is 0 Å². The van der Waals surface area contributed by atoms with Gasteiger partial charge in [-0.15, -0.1) is 10.2 Å². The Balaban J connectivity index is 0.000000272. The monoisotopic (exact) mass is 713 g/mol. The van der Waals surface area contributed by atoms with Crippen LogP contribution in [0.25, 0.3) is 22.8 Å². The van der Waals surface area contributed by atoms with Crippen molar-refractivity contribution in [3.05, 3.63) is 78.7 Å². The van der Waals surface area contributed by atoms with Crippen molar-refractivity contribution >= 4 is 61.0 Å². The first kappa shape index (κ1) is 30.7. The van der Waals surface area contributed by atoms with E-state index in [0.29, 0.717) is 9.50 Å². The van der Waals surface area contributed by atoms with Crippen LogP contribution in [0.3, 0.4) is 0 Å². The lowest BCUT2D eigenvalue weighted by Gasteiger charge is -2.13. The fourth-order valence-electron chi connectivity index (χ4n) is 3.26. The van der Waals surface area contributed by atoms with Crippen LogP contribution in [0.4, 0.5) is 17.6 Å². The van der Waals surface area contributed by atoms with E-state index in [1.807, 2.05) is 0 Å². The molecule has 0 atom stereocenters. The molecule has 0 bridgehead atoms. The fraction of sp³-hybridized carbons (Fsp3) is 0.125. The molecular formula is C24H15Br2Cl2F4N3O4. The van der Waals surface area contributed by atoms with E-state index in [9.17, 15) is 27.5 Å². The van der Waals surface area contributed by atoms with Crippen LogP contribution in [-0.2, 0) is 11.8 Å². The third-order valence-corrected chi connectivity index (χ3v) is 6.58. The number of aromatic nitrogens is 3. The second-order valence-electron chi connectivity index (χ2n) is 7.42. The van der Waals surface area contributed by atoms with Gasteiger partial charge in [0.2, 0.25) is 0 Å². The number of esters is 1. The minimum Gasteiger partial charge on any atom is -0.506 e. The van der Waals surface area contributed by atoms with E-state index in [1.165, 1.54) is 49.1 Å². The number of halogens is 8. The van der Waals surface area contributed by atoms with Gasteiger partial charge < -0.3 is 19.1 Å². The zero-order chi connectivity index (χ0) is 29.0. The van der Waals surface area contributed by atoms with Crippen LogP contribution < -0.4 is 4.74 Å². The number of benzene rings is 3. The maximum Gasteiger partial charge on any atom is 0.387 e. The molecule has 0 aliphatic rings. The lowest BCUT2D eigenvalue weighted by Crippen LogP contribution is -2.06. The molecular weight excluding hydrogens is 701 g/mol. The Bertz CT molecular complexity index is 1520. The van der Waals surface area contributed by atoms with Crippen molar-refractivity contribution in [3.8, 4) is 34.3 Å². The maximum atomic E-state index is 14.0. The molecule has 0 aliphatic carbocycles. The molecule has 1 heterocycles. The fourth-order valence-corrected chi connectivity index (χ4v) is 4.97. The molecule has 3 aromatic carbocycles. The van der Waals surface area contributed by atoms with E-state index in [1.54, 1.807) is 0 Å². The van der Waals surface area contributed by atoms with Crippen molar-refractivity contribution in [2.45, 2.75) is 6.61 Å². The summed E-state index contributed by atoms with van der Waals surface area (Å²) in [5, 5.41) is 17.7. The summed E-state index contributed by atoms with van der Waals surface area (Å²) in [7, 11) is 2.67. The first-order chi connectivity index (χ1) is 18.3. The number of methoxy groups -OCH3 is 1. The molecule has 0 fully saturated rings. The van der Waals surface area contributed by atoms with E-state index in [4.69, 9.17) is 23.2 Å². The minimum absolute atomic E-state index is 0.0431. The van der Waals surface area contributed by atoms with E-state index in [0.717, 1.165) is 12.1 Å². The smallest absolute Gasteiger partial charge is 0.387 e. The number of carbonyl (C=O) groups excluding carboxylic acids is 1. The molecule has 4 aromatic rings. The number of carbonyl (C=O) groups is 1. The molecule has 206 valence electrons. The standard InChI is InChI=1S/C16H9BrClF4N3O.C8H6BrClO3/c1-25-14(8-5-7(18)6-9(17)13(8)26-16(21)22)23-24-15(25)12-10(19)3-2-4-11(12)20;1-13-8(12)5-2-4(10)3-6(9)7(5)11/h2-6,16H,1H3;2-3,11H,1H3. The Morgan fingerprint density at radius 2 is 1.56 bits per heavy atom. The molecule has 1 aromatic heterocycles. The van der Waals surface area contributed by atoms with Crippen LogP contribution in [0.1, 0.15) is 10.4 Å². The van der Waals surface area contributed by atoms with Gasteiger partial charge in [-0.25, -0.2) is 13.6 Å². The SMILES string of the molecule is COC(=O)c1cc(Cl)cc(Br)c1O.Cn1c(-c2cc(Cl)cc(Br)c2OC(F)F)nnc1-c1c(F)cccc1F. The highest BCUT2D eigenvalue weighted by molar-refractivity contribution is 9.11. The van der Waals surface area contributed by atoms with Gasteiger partial charge in [-0.3, -0.25) is 0 Å². The summed E-state index contributed by atoms with van der Waals surface area (Å²) < 4.78 is 64.4. The van der Waals surface area contributed by atoms with Gasteiger partial charge in [-0.1, -0.05) is 29.3 Å². The summed E-state index contributed by atoms with van der Waals surface area (Å²) in [4.78, 5) is 11.1. The minimum atomic E-state index is -3.09. The normalized spacial score (nSPS) is 10.7. The highest BCUT2D eigenvalue weighted by Gasteiger charge is 2.24. The van der Waals surface area contributed by atoms with E-state index in [-0.39, 0.29) is 49.3 Å². The average Bonchev–Trinajstić information content (AvgIpc) is 3.23. The Morgan fingerprint density at radius 3 is 2.15 bits per heavy atom. The van der Waals surface area contributed by atoms with Crippen molar-refractivity contribution in [1.82, 2.24) is 14.8 Å². The number of phenols is 1. The Labute approximate surface area is 245 Å². The van der Waals surface area contributed by atoms with Crippen molar-refractivity contribution in [2.75, 3.05) is 7.11 Å². The predicted octanol–water partition coefficient (Wildman–Crippen LogP) is 8.04. The third-order valence-electron chi connectivity index (χ3n) is 4.95. The van der Waals surface area contributed by atoms with E-state index < -0.39 is 24.2 Å². The summed E-state index contributed by atoms with van der Waals surface area (Å²) in [5.74, 6) is -2.75. The van der Waals surface area contributed by atoms with Gasteiger partial charge in [-0.2, -0.15) is 8.78 Å². The molecule has 0 saturated heterocycles. The molecule has 1 N–H and O–H groups in total. The van der Waals surface area contributed by atoms with Gasteiger partial charge >= 0.3 is 12.6 Å². The second-order valence-corrected chi connectivity index (χ2v) is 10.0. The molecule has 0 radical (unpaired) electrons. The molecule has 0 unspecified atom stereocenters. The zero-order valence-corrected chi connectivity index (χ0v) is 24.3. The zero-order valence-electron chi connectivity index (χ0n) is 19.7. The number of alkyl halides is 2. The molecule has 0 spiro atoms. The van der Waals surface area contributed by atoms with Crippen LogP contribution in [0, 0.1) is 11.6 Å². The van der Waals surface area contributed by atoms with Crippen LogP contribution in [0.5, 0.6) is 11.5 Å². The van der Waals surface area contributed by atoms with Gasteiger partial charge in [0.1, 0.15) is 22.9 Å². The molecule has 7 nitrogen and oxygen atoms in total. The number of hydrogen-bond acceptors (Lipinski definition) is 6. The number of ether oxygens (including phenoxy) is 2. The summed E-state index contributed by atoms with van der Waals surface area (Å²) >= 11 is 17.8. The van der Waals surface area contributed by atoms with Crippen LogP contribution >= 0.6 is 55.1 Å². The summed E-state index contributed by atoms with van der Waals surface area (Å²) in [6, 6.07) is 8.92. The summed E-state index contributed by atoms with van der Waals surface area (Å²) in [6.45, 7) is -3.09. The number of phenolic OH excluding ortho intramolecular Hbond substituents is 1. The number of nitrogens with zero attached hydrogens (tertiary/aromatic N) is 3. The third kappa shape index (κ3) is 7.02. The van der Waals surface area contributed by atoms with Gasteiger partial charge in [0, 0.05) is 17.1 Å². The first-order valence-electron chi connectivity index (χ1n) is 10.4. The van der Waals surface area contributed by atoms with Crippen molar-refractivity contribution in [2.24, 2.45) is 7.05 Å². The lowest BCUT2D eigenvalue weighted by atomic mass is 10.1. The average molecular weight is 716 g/mol. The molecule has 0 amide bonds. The molecule has 39 heavy (non-hydrogen) atoms. The Hall–Kier alpha value is -2.87. The number of aromatic hydroxyl groups is 1. The van der Waals surface area contributed by atoms with E-state index >= 15 is 0 Å². The Morgan fingerprint density at radius 1 is 1.00 bits per heavy atom. The highest BCUT2D eigenvalue weighted by atomic mass is 79.9. The Kier molecular flexibility index (Phi) is 10.2. The predicted molar refractivity (Wildman–Crippen MR) is 143 cm³/mol. The summed E-state index contributed by atoms with van der Waals surface area (Å²) in [6.07, 6.45) is 0. The lowest BCUT2D eigenvalue weighted by molar-refractivity contribution is -0.0500. The van der Waals surface area contributed by atoms with Crippen LogP contribution in [0.2, 0.25) is 10.0 Å². The molecule has 4 rings (SSSR count). The van der Waals surface area contributed by atoms with E-state index in [2.05, 4.69) is 51.5 Å². The quantitative estimate of drug-likeness (QED) is 0.166. The second kappa shape index (κ2) is 13.0. The molecule has 0 aliphatic heterocycles. The topological polar surface area (TPSA) is 86.5 Å². The number of hydrogen-bond donors (Lipinski definition) is 1. The number of rotatable bonds is 5. The van der Waals surface area contributed by atoms with Crippen molar-refractivity contribution < 1.29 is 36.9 Å². The highest BCUT2D eigenvalue weighted by Crippen LogP contribution is 2.40. The first-order valence-corrected chi connectivity index (χ1v) is 12.7. The largest absolute Gasteiger partial charge is 0.506 e. The molecule has 0 saturated carbocycles. The van der Waals surface area contributed by atoms with Gasteiger partial charge in [0.05, 0.1) is 27.2 Å². The maximum absolute atomic E-state index is 14.0. The van der Waals surface area contributed by atoms with Crippen LogP contribution in [-0.4, -0.2) is 39.6 Å². The summed E-state index contributed by atoms with van der Waals surface area (Å²) in [5.41, 5.74) is -0.254. The molecule has 15 heteroatoms. The van der Waals surface area contributed by atoms with Gasteiger partial charge in [0.15, 0.2) is 17.4 Å². The van der Waals surface area contributed by atoms with Gasteiger partial charge in [-0.05, 0) is 68.3 Å².